The van der Waals surface area contributed by atoms with Gasteiger partial charge in [-0.25, -0.2) is 12.8 Å². The molecule has 1 saturated heterocycles. The largest absolute Gasteiger partial charge is 0.369 e. The van der Waals surface area contributed by atoms with Crippen molar-refractivity contribution >= 4 is 33.2 Å². The van der Waals surface area contributed by atoms with Gasteiger partial charge in [0.2, 0.25) is 15.9 Å². The number of benzene rings is 3. The number of hydrogen-bond donors (Lipinski definition) is 2. The van der Waals surface area contributed by atoms with Crippen LogP contribution in [0.5, 0.6) is 0 Å². The number of primary amides is 1. The average molecular weight is 483 g/mol. The maximum absolute atomic E-state index is 13.2. The number of carbonyl (C=O) groups excluding carboxylic acids is 2. The molecule has 1 aliphatic rings. The molecule has 0 radical (unpaired) electrons. The average Bonchev–Trinajstić information content (AvgIpc) is 2.85. The van der Waals surface area contributed by atoms with Crippen LogP contribution < -0.4 is 16.0 Å². The number of rotatable bonds is 6. The third-order valence-corrected chi connectivity index (χ3v) is 7.49. The van der Waals surface area contributed by atoms with Crippen molar-refractivity contribution in [3.05, 3.63) is 89.7 Å². The highest BCUT2D eigenvalue weighted by Gasteiger charge is 2.29. The highest BCUT2D eigenvalue weighted by atomic mass is 32.2. The molecule has 0 spiro atoms. The van der Waals surface area contributed by atoms with Crippen LogP contribution in [-0.4, -0.2) is 50.7 Å². The molecule has 10 heteroatoms. The molecule has 3 aromatic rings. The van der Waals surface area contributed by atoms with Gasteiger partial charge in [0, 0.05) is 48.7 Å². The number of sulfonamides is 1. The predicted molar refractivity (Wildman–Crippen MR) is 127 cm³/mol. The second kappa shape index (κ2) is 9.62. The van der Waals surface area contributed by atoms with Crippen LogP contribution in [0, 0.1) is 5.82 Å². The van der Waals surface area contributed by atoms with Gasteiger partial charge in [-0.2, -0.15) is 4.31 Å². The van der Waals surface area contributed by atoms with Crippen LogP contribution in [0.4, 0.5) is 15.8 Å². The molecule has 0 bridgehead atoms. The molecular weight excluding hydrogens is 459 g/mol. The summed E-state index contributed by atoms with van der Waals surface area (Å²) >= 11 is 0. The Balaban J connectivity index is 1.44. The lowest BCUT2D eigenvalue weighted by Gasteiger charge is -2.35. The molecule has 8 nitrogen and oxygen atoms in total. The van der Waals surface area contributed by atoms with Gasteiger partial charge >= 0.3 is 0 Å². The molecule has 0 saturated carbocycles. The van der Waals surface area contributed by atoms with E-state index in [-0.39, 0.29) is 29.4 Å². The zero-order valence-electron chi connectivity index (χ0n) is 18.1. The van der Waals surface area contributed by atoms with Gasteiger partial charge in [-0.1, -0.05) is 6.07 Å². The summed E-state index contributed by atoms with van der Waals surface area (Å²) in [4.78, 5) is 25.9. The normalized spacial score (nSPS) is 14.6. The molecule has 0 unspecified atom stereocenters. The smallest absolute Gasteiger partial charge is 0.255 e. The zero-order chi connectivity index (χ0) is 24.3. The van der Waals surface area contributed by atoms with Crippen molar-refractivity contribution in [2.24, 2.45) is 5.73 Å². The minimum Gasteiger partial charge on any atom is -0.369 e. The molecule has 3 aromatic carbocycles. The lowest BCUT2D eigenvalue weighted by Crippen LogP contribution is -2.48. The molecule has 0 atom stereocenters. The maximum atomic E-state index is 13.2. The van der Waals surface area contributed by atoms with Crippen LogP contribution in [0.1, 0.15) is 20.7 Å². The van der Waals surface area contributed by atoms with Crippen molar-refractivity contribution in [2.75, 3.05) is 36.4 Å². The number of amides is 2. The summed E-state index contributed by atoms with van der Waals surface area (Å²) in [5, 5.41) is 2.68. The first-order valence-electron chi connectivity index (χ1n) is 10.6. The molecule has 2 amide bonds. The lowest BCUT2D eigenvalue weighted by atomic mass is 10.2. The number of halogens is 1. The van der Waals surface area contributed by atoms with Gasteiger partial charge in [0.1, 0.15) is 5.82 Å². The first kappa shape index (κ1) is 23.4. The minimum atomic E-state index is -3.80. The van der Waals surface area contributed by atoms with Gasteiger partial charge in [0.05, 0.1) is 4.90 Å². The fourth-order valence-corrected chi connectivity index (χ4v) is 5.18. The second-order valence-corrected chi connectivity index (χ2v) is 9.73. The van der Waals surface area contributed by atoms with Crippen LogP contribution >= 0.6 is 0 Å². The highest BCUT2D eigenvalue weighted by molar-refractivity contribution is 7.89. The van der Waals surface area contributed by atoms with Crippen LogP contribution in [0.25, 0.3) is 0 Å². The van der Waals surface area contributed by atoms with E-state index in [4.69, 9.17) is 5.73 Å². The first-order valence-corrected chi connectivity index (χ1v) is 12.0. The van der Waals surface area contributed by atoms with E-state index in [0.29, 0.717) is 24.3 Å². The zero-order valence-corrected chi connectivity index (χ0v) is 19.0. The Morgan fingerprint density at radius 1 is 0.853 bits per heavy atom. The standard InChI is InChI=1S/C24H23FN4O4S/c25-19-6-10-21(11-7-19)28-12-14-29(15-13-28)34(32,33)22-3-1-2-18(16-22)24(31)27-20-8-4-17(5-9-20)23(26)30/h1-11,16H,12-15H2,(H2,26,30)(H,27,31). The molecule has 4 rings (SSSR count). The van der Waals surface area contributed by atoms with E-state index in [9.17, 15) is 22.4 Å². The Morgan fingerprint density at radius 2 is 1.50 bits per heavy atom. The van der Waals surface area contributed by atoms with Gasteiger partial charge in [-0.05, 0) is 66.7 Å². The van der Waals surface area contributed by atoms with E-state index in [2.05, 4.69) is 5.32 Å². The second-order valence-electron chi connectivity index (χ2n) is 7.79. The Labute approximate surface area is 196 Å². The molecule has 34 heavy (non-hydrogen) atoms. The molecule has 0 aromatic heterocycles. The van der Waals surface area contributed by atoms with Crippen LogP contribution in [0.15, 0.2) is 77.7 Å². The van der Waals surface area contributed by atoms with Crippen molar-refractivity contribution in [1.29, 1.82) is 0 Å². The van der Waals surface area contributed by atoms with Crippen molar-refractivity contribution in [3.8, 4) is 0 Å². The van der Waals surface area contributed by atoms with Gasteiger partial charge in [0.25, 0.3) is 5.91 Å². The maximum Gasteiger partial charge on any atom is 0.255 e. The van der Waals surface area contributed by atoms with E-state index in [0.717, 1.165) is 5.69 Å². The SMILES string of the molecule is NC(=O)c1ccc(NC(=O)c2cccc(S(=O)(=O)N3CCN(c4ccc(F)cc4)CC3)c2)cc1. The Bertz CT molecular complexity index is 1300. The monoisotopic (exact) mass is 482 g/mol. The number of piperazine rings is 1. The molecule has 1 aliphatic heterocycles. The minimum absolute atomic E-state index is 0.0273. The van der Waals surface area contributed by atoms with Gasteiger partial charge in [-0.3, -0.25) is 9.59 Å². The summed E-state index contributed by atoms with van der Waals surface area (Å²) < 4.78 is 40.9. The number of anilines is 2. The summed E-state index contributed by atoms with van der Waals surface area (Å²) in [6, 6.07) is 18.0. The number of nitrogens with one attached hydrogen (secondary N) is 1. The molecule has 3 N–H and O–H groups in total. The summed E-state index contributed by atoms with van der Waals surface area (Å²) in [5.41, 5.74) is 6.99. The van der Waals surface area contributed by atoms with Gasteiger partial charge in [0.15, 0.2) is 0 Å². The van der Waals surface area contributed by atoms with E-state index in [1.165, 1.54) is 52.8 Å². The van der Waals surface area contributed by atoms with Crippen molar-refractivity contribution < 1.29 is 22.4 Å². The van der Waals surface area contributed by atoms with Crippen LogP contribution in [0.3, 0.4) is 0 Å². The van der Waals surface area contributed by atoms with Crippen LogP contribution in [-0.2, 0) is 10.0 Å². The van der Waals surface area contributed by atoms with Gasteiger partial charge in [-0.15, -0.1) is 0 Å². The van der Waals surface area contributed by atoms with Crippen molar-refractivity contribution in [2.45, 2.75) is 4.90 Å². The van der Waals surface area contributed by atoms with Gasteiger partial charge < -0.3 is 16.0 Å². The number of nitrogens with zero attached hydrogens (tertiary/aromatic N) is 2. The third-order valence-electron chi connectivity index (χ3n) is 5.59. The topological polar surface area (TPSA) is 113 Å². The molecule has 0 aliphatic carbocycles. The molecular formula is C24H23FN4O4S. The first-order chi connectivity index (χ1) is 16.2. The van der Waals surface area contributed by atoms with Crippen molar-refractivity contribution in [3.63, 3.8) is 0 Å². The molecule has 176 valence electrons. The molecule has 1 heterocycles. The van der Waals surface area contributed by atoms with E-state index >= 15 is 0 Å². The van der Waals surface area contributed by atoms with E-state index in [1.807, 2.05) is 4.90 Å². The fourth-order valence-electron chi connectivity index (χ4n) is 3.71. The predicted octanol–water partition coefficient (Wildman–Crippen LogP) is 2.69. The lowest BCUT2D eigenvalue weighted by molar-refractivity contribution is 0.0998. The highest BCUT2D eigenvalue weighted by Crippen LogP contribution is 2.22. The van der Waals surface area contributed by atoms with E-state index in [1.54, 1.807) is 24.3 Å². The summed E-state index contributed by atoms with van der Waals surface area (Å²) in [6.45, 7) is 1.46. The summed E-state index contributed by atoms with van der Waals surface area (Å²) in [7, 11) is -3.80. The van der Waals surface area contributed by atoms with E-state index < -0.39 is 21.8 Å². The Morgan fingerprint density at radius 3 is 2.12 bits per heavy atom. The quantitative estimate of drug-likeness (QED) is 0.561. The third kappa shape index (κ3) is 5.08. The van der Waals surface area contributed by atoms with Crippen molar-refractivity contribution in [1.82, 2.24) is 4.31 Å². The Hall–Kier alpha value is -3.76. The number of nitrogens with two attached hydrogens (primary N) is 1. The summed E-state index contributed by atoms with van der Waals surface area (Å²) in [5.74, 6) is -1.38. The number of carbonyl (C=O) groups is 2. The fraction of sp³-hybridized carbons (Fsp3) is 0.167. The molecule has 1 fully saturated rings. The Kier molecular flexibility index (Phi) is 6.62. The summed E-state index contributed by atoms with van der Waals surface area (Å²) in [6.07, 6.45) is 0. The number of hydrogen-bond acceptors (Lipinski definition) is 5. The van der Waals surface area contributed by atoms with Crippen LogP contribution in [0.2, 0.25) is 0 Å².